The van der Waals surface area contributed by atoms with Crippen molar-refractivity contribution in [2.75, 3.05) is 5.75 Å². The molecule has 3 rings (SSSR count). The number of Topliss-reactive ketones (excluding diaryl/α,β-unsaturated/α-hetero) is 1. The Morgan fingerprint density at radius 1 is 1.30 bits per heavy atom. The van der Waals surface area contributed by atoms with Gasteiger partial charge in [0.2, 0.25) is 0 Å². The van der Waals surface area contributed by atoms with E-state index in [2.05, 4.69) is 6.92 Å². The van der Waals surface area contributed by atoms with Gasteiger partial charge in [0.15, 0.2) is 5.78 Å². The maximum atomic E-state index is 12.6. The number of unbranched alkanes of at least 4 members (excludes halogenated alkanes) is 1. The lowest BCUT2D eigenvalue weighted by molar-refractivity contribution is -0.144. The van der Waals surface area contributed by atoms with Gasteiger partial charge in [-0.05, 0) is 30.4 Å². The number of esters is 1. The van der Waals surface area contributed by atoms with Crippen LogP contribution in [0.1, 0.15) is 45.4 Å². The number of rotatable bonds is 4. The predicted octanol–water partition coefficient (Wildman–Crippen LogP) is 3.33. The van der Waals surface area contributed by atoms with Crippen LogP contribution in [-0.4, -0.2) is 23.6 Å². The molecular weight excluding hydrogens is 272 g/mol. The first kappa shape index (κ1) is 14.2. The van der Waals surface area contributed by atoms with Gasteiger partial charge in [0.25, 0.3) is 0 Å². The number of ether oxygens (including phenoxy) is 1. The van der Waals surface area contributed by atoms with E-state index in [4.69, 9.17) is 4.74 Å². The minimum atomic E-state index is -0.0580. The summed E-state index contributed by atoms with van der Waals surface area (Å²) in [6.45, 7) is 2.17. The summed E-state index contributed by atoms with van der Waals surface area (Å²) < 4.78 is 5.54. The van der Waals surface area contributed by atoms with E-state index in [9.17, 15) is 9.59 Å². The molecule has 4 heteroatoms. The second-order valence-corrected chi connectivity index (χ2v) is 7.11. The summed E-state index contributed by atoms with van der Waals surface area (Å²) in [5.41, 5.74) is 0.896. The highest BCUT2D eigenvalue weighted by atomic mass is 32.2. The van der Waals surface area contributed by atoms with Gasteiger partial charge in [-0.2, -0.15) is 0 Å². The maximum absolute atomic E-state index is 12.6. The molecule has 4 atom stereocenters. The molecule has 0 bridgehead atoms. The molecule has 0 spiro atoms. The molecule has 0 radical (unpaired) electrons. The fourth-order valence-corrected chi connectivity index (χ4v) is 4.85. The number of thioether (sulfide) groups is 1. The molecule has 20 heavy (non-hydrogen) atoms. The van der Waals surface area contributed by atoms with Crippen LogP contribution in [0.2, 0.25) is 0 Å². The van der Waals surface area contributed by atoms with Crippen molar-refractivity contribution in [1.29, 1.82) is 0 Å². The summed E-state index contributed by atoms with van der Waals surface area (Å²) in [4.78, 5) is 24.5. The molecule has 3 aliphatic rings. The van der Waals surface area contributed by atoms with E-state index in [-0.39, 0.29) is 29.8 Å². The SMILES string of the molecule is CCCCSC=C1CC2OC(=O)C3CCCC(C1=O)C23. The third-order valence-electron chi connectivity index (χ3n) is 4.87. The number of ketones is 1. The molecule has 110 valence electrons. The first-order valence-corrected chi connectivity index (χ1v) is 8.82. The number of hydrogen-bond acceptors (Lipinski definition) is 4. The van der Waals surface area contributed by atoms with Gasteiger partial charge in [0.1, 0.15) is 6.10 Å². The molecule has 1 aliphatic heterocycles. The molecule has 0 N–H and O–H groups in total. The van der Waals surface area contributed by atoms with Gasteiger partial charge < -0.3 is 4.74 Å². The number of carbonyl (C=O) groups is 2. The molecule has 3 nitrogen and oxygen atoms in total. The Morgan fingerprint density at radius 2 is 2.10 bits per heavy atom. The Kier molecular flexibility index (Phi) is 4.20. The molecular formula is C16H22O3S. The average Bonchev–Trinajstić information content (AvgIpc) is 2.78. The van der Waals surface area contributed by atoms with Crippen LogP contribution in [0.5, 0.6) is 0 Å². The van der Waals surface area contributed by atoms with Crippen LogP contribution in [0.15, 0.2) is 11.0 Å². The van der Waals surface area contributed by atoms with Crippen molar-refractivity contribution in [1.82, 2.24) is 0 Å². The van der Waals surface area contributed by atoms with Crippen LogP contribution < -0.4 is 0 Å². The first-order chi connectivity index (χ1) is 9.72. The van der Waals surface area contributed by atoms with E-state index < -0.39 is 0 Å². The van der Waals surface area contributed by atoms with Gasteiger partial charge in [-0.15, -0.1) is 11.8 Å². The van der Waals surface area contributed by atoms with Crippen LogP contribution in [0, 0.1) is 17.8 Å². The van der Waals surface area contributed by atoms with Gasteiger partial charge in [-0.1, -0.05) is 19.8 Å². The summed E-state index contributed by atoms with van der Waals surface area (Å²) in [6.07, 6.45) is 5.79. The molecule has 0 aromatic rings. The van der Waals surface area contributed by atoms with Crippen molar-refractivity contribution in [3.05, 3.63) is 11.0 Å². The van der Waals surface area contributed by atoms with Gasteiger partial charge in [0.05, 0.1) is 5.92 Å². The molecule has 3 fully saturated rings. The summed E-state index contributed by atoms with van der Waals surface area (Å²) in [5, 5.41) is 2.03. The lowest BCUT2D eigenvalue weighted by Gasteiger charge is -2.37. The van der Waals surface area contributed by atoms with E-state index in [1.807, 2.05) is 5.41 Å². The largest absolute Gasteiger partial charge is 0.461 e. The summed E-state index contributed by atoms with van der Waals surface area (Å²) in [7, 11) is 0. The average molecular weight is 294 g/mol. The third-order valence-corrected chi connectivity index (χ3v) is 5.85. The number of hydrogen-bond donors (Lipinski definition) is 0. The summed E-state index contributed by atoms with van der Waals surface area (Å²) in [5.74, 6) is 1.50. The first-order valence-electron chi connectivity index (χ1n) is 7.77. The third kappa shape index (κ3) is 2.43. The standard InChI is InChI=1S/C16H22O3S/c1-2-3-7-20-9-10-8-13-14-11(15(10)17)5-4-6-12(14)16(18)19-13/h9,11-14H,2-8H2,1H3. The molecule has 2 aliphatic carbocycles. The smallest absolute Gasteiger partial charge is 0.309 e. The van der Waals surface area contributed by atoms with E-state index in [1.54, 1.807) is 11.8 Å². The topological polar surface area (TPSA) is 43.4 Å². The summed E-state index contributed by atoms with van der Waals surface area (Å²) >= 11 is 1.73. The molecule has 1 saturated heterocycles. The Labute approximate surface area is 124 Å². The van der Waals surface area contributed by atoms with Gasteiger partial charge in [-0.25, -0.2) is 0 Å². The van der Waals surface area contributed by atoms with Crippen molar-refractivity contribution in [2.45, 2.75) is 51.6 Å². The van der Waals surface area contributed by atoms with Crippen molar-refractivity contribution >= 4 is 23.5 Å². The van der Waals surface area contributed by atoms with E-state index >= 15 is 0 Å². The quantitative estimate of drug-likeness (QED) is 0.453. The Hall–Kier alpha value is -0.770. The predicted molar refractivity (Wildman–Crippen MR) is 79.3 cm³/mol. The highest BCUT2D eigenvalue weighted by Gasteiger charge is 2.55. The Balaban J connectivity index is 1.74. The molecule has 0 aromatic carbocycles. The van der Waals surface area contributed by atoms with Gasteiger partial charge in [-0.3, -0.25) is 9.59 Å². The minimum absolute atomic E-state index is 0.00278. The zero-order valence-electron chi connectivity index (χ0n) is 12.0. The highest BCUT2D eigenvalue weighted by molar-refractivity contribution is 8.02. The maximum Gasteiger partial charge on any atom is 0.309 e. The molecule has 2 saturated carbocycles. The molecule has 0 amide bonds. The van der Waals surface area contributed by atoms with Gasteiger partial charge >= 0.3 is 5.97 Å². The summed E-state index contributed by atoms with van der Waals surface area (Å²) in [6, 6.07) is 0. The zero-order valence-corrected chi connectivity index (χ0v) is 12.8. The fourth-order valence-electron chi connectivity index (χ4n) is 3.86. The van der Waals surface area contributed by atoms with Crippen LogP contribution >= 0.6 is 11.8 Å². The lowest BCUT2D eigenvalue weighted by Crippen LogP contribution is -2.42. The molecule has 0 aromatic heterocycles. The van der Waals surface area contributed by atoms with Crippen molar-refractivity contribution in [3.8, 4) is 0 Å². The lowest BCUT2D eigenvalue weighted by atomic mass is 9.64. The van der Waals surface area contributed by atoms with Crippen molar-refractivity contribution in [3.63, 3.8) is 0 Å². The Morgan fingerprint density at radius 3 is 2.90 bits per heavy atom. The molecule has 1 heterocycles. The van der Waals surface area contributed by atoms with Crippen LogP contribution in [-0.2, 0) is 14.3 Å². The Bertz CT molecular complexity index is 443. The van der Waals surface area contributed by atoms with Crippen molar-refractivity contribution < 1.29 is 14.3 Å². The van der Waals surface area contributed by atoms with Gasteiger partial charge in [0, 0.05) is 23.8 Å². The van der Waals surface area contributed by atoms with E-state index in [0.29, 0.717) is 12.2 Å². The zero-order chi connectivity index (χ0) is 14.1. The van der Waals surface area contributed by atoms with E-state index in [0.717, 1.165) is 30.6 Å². The monoisotopic (exact) mass is 294 g/mol. The highest BCUT2D eigenvalue weighted by Crippen LogP contribution is 2.49. The second-order valence-electron chi connectivity index (χ2n) is 6.13. The van der Waals surface area contributed by atoms with Crippen LogP contribution in [0.4, 0.5) is 0 Å². The van der Waals surface area contributed by atoms with Crippen LogP contribution in [0.3, 0.4) is 0 Å². The van der Waals surface area contributed by atoms with E-state index in [1.165, 1.54) is 12.8 Å². The normalized spacial score (nSPS) is 38.0. The minimum Gasteiger partial charge on any atom is -0.461 e. The second kappa shape index (κ2) is 5.92. The van der Waals surface area contributed by atoms with Crippen LogP contribution in [0.25, 0.3) is 0 Å². The van der Waals surface area contributed by atoms with Crippen molar-refractivity contribution in [2.24, 2.45) is 17.8 Å². The fraction of sp³-hybridized carbons (Fsp3) is 0.750. The molecule has 4 unspecified atom stereocenters. The number of carbonyl (C=O) groups excluding carboxylic acids is 2.